The number of aromatic nitrogens is 2. The summed E-state index contributed by atoms with van der Waals surface area (Å²) in [6.45, 7) is -0.189. The Morgan fingerprint density at radius 1 is 1.00 bits per heavy atom. The van der Waals surface area contributed by atoms with Crippen LogP contribution < -0.4 is 16.4 Å². The van der Waals surface area contributed by atoms with Crippen molar-refractivity contribution in [3.8, 4) is 0 Å². The van der Waals surface area contributed by atoms with Crippen molar-refractivity contribution in [1.29, 1.82) is 0 Å². The summed E-state index contributed by atoms with van der Waals surface area (Å²) in [6.07, 6.45) is 0.340. The summed E-state index contributed by atoms with van der Waals surface area (Å²) in [5.41, 5.74) is 0.189. The van der Waals surface area contributed by atoms with E-state index >= 15 is 0 Å². The van der Waals surface area contributed by atoms with E-state index in [-0.39, 0.29) is 24.6 Å². The smallest absolute Gasteiger partial charge is 0.317 e. The van der Waals surface area contributed by atoms with E-state index < -0.39 is 32.9 Å². The van der Waals surface area contributed by atoms with Crippen LogP contribution in [0.4, 0.5) is 0 Å². The van der Waals surface area contributed by atoms with Crippen LogP contribution in [0.1, 0.15) is 12.0 Å². The zero-order chi connectivity index (χ0) is 22.2. The van der Waals surface area contributed by atoms with Gasteiger partial charge in [-0.15, -0.1) is 0 Å². The lowest BCUT2D eigenvalue weighted by Gasteiger charge is -2.16. The van der Waals surface area contributed by atoms with Gasteiger partial charge in [0.05, 0.1) is 29.1 Å². The van der Waals surface area contributed by atoms with Crippen LogP contribution in [-0.4, -0.2) is 41.0 Å². The van der Waals surface area contributed by atoms with Crippen LogP contribution in [0.5, 0.6) is 0 Å². The Labute approximate surface area is 183 Å². The Morgan fingerprint density at radius 3 is 2.23 bits per heavy atom. The second-order valence-corrected chi connectivity index (χ2v) is 10.2. The number of halogens is 1. The maximum absolute atomic E-state index is 12.9. The van der Waals surface area contributed by atoms with Crippen molar-refractivity contribution >= 4 is 38.4 Å². The van der Waals surface area contributed by atoms with E-state index in [1.54, 1.807) is 48.5 Å². The summed E-state index contributed by atoms with van der Waals surface area (Å²) < 4.78 is 25.7. The number of para-hydroxylation sites is 2. The van der Waals surface area contributed by atoms with Crippen LogP contribution in [-0.2, 0) is 27.7 Å². The first kappa shape index (κ1) is 21.3. The molecule has 1 atom stereocenters. The molecule has 0 bridgehead atoms. The molecular weight excluding hydrogens is 442 g/mol. The SMILES string of the molecule is O=C(Cn1c(=O)c(=O)n(Cc2ccc(Cl)cc2)c2ccccc21)NC1CCS(=O)(=O)C1. The number of fused-ring (bicyclic) bond motifs is 1. The van der Waals surface area contributed by atoms with Crippen molar-refractivity contribution in [3.05, 3.63) is 79.8 Å². The minimum atomic E-state index is -3.15. The Morgan fingerprint density at radius 2 is 1.61 bits per heavy atom. The van der Waals surface area contributed by atoms with Crippen LogP contribution >= 0.6 is 11.6 Å². The van der Waals surface area contributed by atoms with E-state index in [2.05, 4.69) is 5.32 Å². The molecule has 1 aromatic heterocycles. The molecule has 1 fully saturated rings. The van der Waals surface area contributed by atoms with Crippen molar-refractivity contribution in [1.82, 2.24) is 14.5 Å². The number of hydrogen-bond acceptors (Lipinski definition) is 5. The summed E-state index contributed by atoms with van der Waals surface area (Å²) in [5, 5.41) is 3.22. The molecule has 1 saturated heterocycles. The molecule has 1 unspecified atom stereocenters. The molecule has 1 amide bonds. The number of amides is 1. The molecule has 162 valence electrons. The van der Waals surface area contributed by atoms with Crippen molar-refractivity contribution in [2.75, 3.05) is 11.5 Å². The third-order valence-electron chi connectivity index (χ3n) is 5.29. The highest BCUT2D eigenvalue weighted by atomic mass is 35.5. The van der Waals surface area contributed by atoms with Crippen molar-refractivity contribution in [2.45, 2.75) is 25.6 Å². The fraction of sp³-hybridized carbons (Fsp3) is 0.286. The zero-order valence-electron chi connectivity index (χ0n) is 16.5. The lowest BCUT2D eigenvalue weighted by Crippen LogP contribution is -2.45. The van der Waals surface area contributed by atoms with Gasteiger partial charge < -0.3 is 5.32 Å². The predicted molar refractivity (Wildman–Crippen MR) is 118 cm³/mol. The first-order valence-electron chi connectivity index (χ1n) is 9.70. The van der Waals surface area contributed by atoms with E-state index in [9.17, 15) is 22.8 Å². The van der Waals surface area contributed by atoms with Crippen molar-refractivity contribution < 1.29 is 13.2 Å². The molecule has 2 aromatic carbocycles. The van der Waals surface area contributed by atoms with Crippen LogP contribution in [0.2, 0.25) is 5.02 Å². The molecule has 3 aromatic rings. The summed E-state index contributed by atoms with van der Waals surface area (Å²) in [7, 11) is -3.15. The quantitative estimate of drug-likeness (QED) is 0.574. The lowest BCUT2D eigenvalue weighted by molar-refractivity contribution is -0.122. The number of carbonyl (C=O) groups is 1. The number of rotatable bonds is 5. The Bertz CT molecular complexity index is 1380. The van der Waals surface area contributed by atoms with Gasteiger partial charge in [-0.1, -0.05) is 35.9 Å². The van der Waals surface area contributed by atoms with Gasteiger partial charge in [-0.05, 0) is 36.2 Å². The molecule has 0 saturated carbocycles. The van der Waals surface area contributed by atoms with Gasteiger partial charge in [-0.25, -0.2) is 8.42 Å². The minimum absolute atomic E-state index is 0.0293. The molecule has 0 aliphatic carbocycles. The fourth-order valence-corrected chi connectivity index (χ4v) is 5.58. The average Bonchev–Trinajstić information content (AvgIpc) is 3.08. The van der Waals surface area contributed by atoms with Crippen LogP contribution in [0, 0.1) is 0 Å². The predicted octanol–water partition coefficient (Wildman–Crippen LogP) is 1.17. The highest BCUT2D eigenvalue weighted by Gasteiger charge is 2.29. The topological polar surface area (TPSA) is 107 Å². The molecule has 1 aliphatic rings. The van der Waals surface area contributed by atoms with Gasteiger partial charge in [0.25, 0.3) is 0 Å². The maximum Gasteiger partial charge on any atom is 0.317 e. The summed E-state index contributed by atoms with van der Waals surface area (Å²) in [5.74, 6) is -0.595. The molecular formula is C21H20ClN3O5S. The van der Waals surface area contributed by atoms with Gasteiger partial charge in [0.2, 0.25) is 5.91 Å². The Balaban J connectivity index is 1.68. The number of sulfone groups is 1. The third-order valence-corrected chi connectivity index (χ3v) is 7.31. The van der Waals surface area contributed by atoms with E-state index in [1.807, 2.05) is 0 Å². The van der Waals surface area contributed by atoms with E-state index in [0.717, 1.165) is 10.1 Å². The molecule has 1 aliphatic heterocycles. The van der Waals surface area contributed by atoms with Gasteiger partial charge in [0.15, 0.2) is 9.84 Å². The molecule has 0 spiro atoms. The van der Waals surface area contributed by atoms with E-state index in [4.69, 9.17) is 11.6 Å². The van der Waals surface area contributed by atoms with E-state index in [1.165, 1.54) is 4.57 Å². The first-order valence-corrected chi connectivity index (χ1v) is 11.9. The summed E-state index contributed by atoms with van der Waals surface area (Å²) in [6, 6.07) is 13.3. The first-order chi connectivity index (χ1) is 14.7. The molecule has 31 heavy (non-hydrogen) atoms. The monoisotopic (exact) mass is 461 g/mol. The van der Waals surface area contributed by atoms with Gasteiger partial charge in [0.1, 0.15) is 6.54 Å². The lowest BCUT2D eigenvalue weighted by atomic mass is 10.2. The molecule has 10 heteroatoms. The van der Waals surface area contributed by atoms with Gasteiger partial charge in [0, 0.05) is 11.1 Å². The number of nitrogens with one attached hydrogen (secondary N) is 1. The molecule has 1 N–H and O–H groups in total. The van der Waals surface area contributed by atoms with E-state index in [0.29, 0.717) is 22.5 Å². The molecule has 4 rings (SSSR count). The standard InChI is InChI=1S/C21H20ClN3O5S/c22-15-7-5-14(6-8-15)11-24-17-3-1-2-4-18(17)25(21(28)20(24)27)12-19(26)23-16-9-10-31(29,30)13-16/h1-8,16H,9-13H2,(H,23,26). The average molecular weight is 462 g/mol. The minimum Gasteiger partial charge on any atom is -0.351 e. The maximum atomic E-state index is 12.9. The number of hydrogen-bond donors (Lipinski definition) is 1. The highest BCUT2D eigenvalue weighted by Crippen LogP contribution is 2.15. The molecule has 8 nitrogen and oxygen atoms in total. The fourth-order valence-electron chi connectivity index (χ4n) is 3.78. The van der Waals surface area contributed by atoms with Crippen molar-refractivity contribution in [3.63, 3.8) is 0 Å². The molecule has 0 radical (unpaired) electrons. The number of benzene rings is 2. The highest BCUT2D eigenvalue weighted by molar-refractivity contribution is 7.91. The van der Waals surface area contributed by atoms with Crippen LogP contribution in [0.15, 0.2) is 58.1 Å². The third kappa shape index (κ3) is 4.57. The number of carbonyl (C=O) groups excluding carboxylic acids is 1. The van der Waals surface area contributed by atoms with Crippen LogP contribution in [0.3, 0.4) is 0 Å². The number of nitrogens with zero attached hydrogens (tertiary/aromatic N) is 2. The molecule has 2 heterocycles. The Kier molecular flexibility index (Phi) is 5.72. The second kappa shape index (κ2) is 8.32. The summed E-state index contributed by atoms with van der Waals surface area (Å²) >= 11 is 5.92. The second-order valence-electron chi connectivity index (χ2n) is 7.57. The summed E-state index contributed by atoms with van der Waals surface area (Å²) in [4.78, 5) is 38.2. The van der Waals surface area contributed by atoms with Crippen molar-refractivity contribution in [2.24, 2.45) is 0 Å². The van der Waals surface area contributed by atoms with Gasteiger partial charge >= 0.3 is 11.1 Å². The largest absolute Gasteiger partial charge is 0.351 e. The van der Waals surface area contributed by atoms with Crippen LogP contribution in [0.25, 0.3) is 11.0 Å². The Hall–Kier alpha value is -2.91. The zero-order valence-corrected chi connectivity index (χ0v) is 18.0. The normalized spacial score (nSPS) is 17.6. The van der Waals surface area contributed by atoms with Gasteiger partial charge in [-0.2, -0.15) is 0 Å². The van der Waals surface area contributed by atoms with Gasteiger partial charge in [-0.3, -0.25) is 23.5 Å².